The van der Waals surface area contributed by atoms with Crippen molar-refractivity contribution in [1.29, 1.82) is 0 Å². The molecule has 0 spiro atoms. The summed E-state index contributed by atoms with van der Waals surface area (Å²) < 4.78 is 0. The highest BCUT2D eigenvalue weighted by Crippen LogP contribution is 2.40. The van der Waals surface area contributed by atoms with Gasteiger partial charge < -0.3 is 10.2 Å². The van der Waals surface area contributed by atoms with Gasteiger partial charge in [0.15, 0.2) is 0 Å². The zero-order valence-corrected chi connectivity index (χ0v) is 14.1. The van der Waals surface area contributed by atoms with Crippen LogP contribution < -0.4 is 5.32 Å². The summed E-state index contributed by atoms with van der Waals surface area (Å²) in [6.07, 6.45) is 11.6. The number of nitrogens with one attached hydrogen (secondary N) is 1. The van der Waals surface area contributed by atoms with Crippen LogP contribution in [0.5, 0.6) is 0 Å². The summed E-state index contributed by atoms with van der Waals surface area (Å²) >= 11 is 0. The molecule has 0 unspecified atom stereocenters. The highest BCUT2D eigenvalue weighted by Gasteiger charge is 2.37. The smallest absolute Gasteiger partial charge is 0.00953 e. The molecule has 2 aliphatic carbocycles. The van der Waals surface area contributed by atoms with Crippen LogP contribution >= 0.6 is 0 Å². The zero-order chi connectivity index (χ0) is 14.4. The molecule has 2 saturated carbocycles. The Morgan fingerprint density at radius 1 is 1.05 bits per heavy atom. The van der Waals surface area contributed by atoms with Crippen LogP contribution in [0, 0.1) is 11.3 Å². The molecule has 1 N–H and O–H groups in total. The lowest BCUT2D eigenvalue weighted by Gasteiger charge is -2.44. The van der Waals surface area contributed by atoms with E-state index in [4.69, 9.17) is 0 Å². The van der Waals surface area contributed by atoms with Crippen molar-refractivity contribution in [3.05, 3.63) is 0 Å². The Balaban J connectivity index is 1.97. The summed E-state index contributed by atoms with van der Waals surface area (Å²) in [7, 11) is 0. The van der Waals surface area contributed by atoms with E-state index in [2.05, 4.69) is 31.0 Å². The van der Waals surface area contributed by atoms with Crippen molar-refractivity contribution in [3.63, 3.8) is 0 Å². The minimum Gasteiger partial charge on any atom is -0.316 e. The molecule has 0 saturated heterocycles. The fraction of sp³-hybridized carbons (Fsp3) is 1.00. The first-order chi connectivity index (χ1) is 9.69. The monoisotopic (exact) mass is 280 g/mol. The van der Waals surface area contributed by atoms with Crippen LogP contribution in [0.4, 0.5) is 0 Å². The Hall–Kier alpha value is -0.0800. The minimum atomic E-state index is 0.557. The Morgan fingerprint density at radius 2 is 1.70 bits per heavy atom. The summed E-state index contributed by atoms with van der Waals surface area (Å²) in [5.41, 5.74) is 0.557. The molecule has 2 nitrogen and oxygen atoms in total. The number of rotatable bonds is 7. The second-order valence-electron chi connectivity index (χ2n) is 7.46. The molecule has 0 aliphatic heterocycles. The maximum Gasteiger partial charge on any atom is 0.00953 e. The normalized spacial score (nSPS) is 32.1. The molecule has 2 rings (SSSR count). The van der Waals surface area contributed by atoms with Crippen molar-refractivity contribution >= 4 is 0 Å². The SMILES string of the molecule is CCNCC1(CN(CC)C2CCCC2)CCC(C)CC1. The summed E-state index contributed by atoms with van der Waals surface area (Å²) in [6.45, 7) is 12.0. The van der Waals surface area contributed by atoms with Gasteiger partial charge >= 0.3 is 0 Å². The molecule has 2 heteroatoms. The highest BCUT2D eigenvalue weighted by molar-refractivity contribution is 4.91. The van der Waals surface area contributed by atoms with E-state index in [1.807, 2.05) is 0 Å². The molecule has 0 bridgehead atoms. The van der Waals surface area contributed by atoms with Crippen molar-refractivity contribution in [2.75, 3.05) is 26.2 Å². The van der Waals surface area contributed by atoms with Gasteiger partial charge in [-0.25, -0.2) is 0 Å². The van der Waals surface area contributed by atoms with Gasteiger partial charge in [0, 0.05) is 19.1 Å². The lowest BCUT2D eigenvalue weighted by Crippen LogP contribution is -2.48. The molecule has 0 aromatic rings. The molecule has 0 atom stereocenters. The van der Waals surface area contributed by atoms with Crippen LogP contribution in [0.2, 0.25) is 0 Å². The van der Waals surface area contributed by atoms with Crippen molar-refractivity contribution in [1.82, 2.24) is 10.2 Å². The second-order valence-corrected chi connectivity index (χ2v) is 7.46. The van der Waals surface area contributed by atoms with Gasteiger partial charge in [0.25, 0.3) is 0 Å². The summed E-state index contributed by atoms with van der Waals surface area (Å²) in [5.74, 6) is 0.950. The topological polar surface area (TPSA) is 15.3 Å². The Morgan fingerprint density at radius 3 is 2.25 bits per heavy atom. The van der Waals surface area contributed by atoms with Gasteiger partial charge in [-0.15, -0.1) is 0 Å². The predicted molar refractivity (Wildman–Crippen MR) is 88.1 cm³/mol. The quantitative estimate of drug-likeness (QED) is 0.756. The van der Waals surface area contributed by atoms with Gasteiger partial charge in [-0.2, -0.15) is 0 Å². The third-order valence-electron chi connectivity index (χ3n) is 5.87. The Bertz CT molecular complexity index is 257. The fourth-order valence-electron chi connectivity index (χ4n) is 4.35. The van der Waals surface area contributed by atoms with Crippen molar-refractivity contribution in [2.24, 2.45) is 11.3 Å². The van der Waals surface area contributed by atoms with Gasteiger partial charge in [-0.05, 0) is 50.1 Å². The Labute approximate surface area is 126 Å². The van der Waals surface area contributed by atoms with E-state index in [0.717, 1.165) is 18.5 Å². The van der Waals surface area contributed by atoms with Crippen LogP contribution in [-0.4, -0.2) is 37.1 Å². The lowest BCUT2D eigenvalue weighted by atomic mass is 9.70. The van der Waals surface area contributed by atoms with Gasteiger partial charge in [-0.3, -0.25) is 0 Å². The average Bonchev–Trinajstić information content (AvgIpc) is 3.00. The van der Waals surface area contributed by atoms with Crippen LogP contribution in [0.3, 0.4) is 0 Å². The molecule has 0 aromatic heterocycles. The number of nitrogens with zero attached hydrogens (tertiary/aromatic N) is 1. The fourth-order valence-corrected chi connectivity index (χ4v) is 4.35. The lowest BCUT2D eigenvalue weighted by molar-refractivity contribution is 0.0673. The van der Waals surface area contributed by atoms with Gasteiger partial charge in [0.05, 0.1) is 0 Å². The summed E-state index contributed by atoms with van der Waals surface area (Å²) in [6, 6.07) is 0.887. The molecule has 2 fully saturated rings. The number of hydrogen-bond acceptors (Lipinski definition) is 2. The molecular formula is C18H36N2. The summed E-state index contributed by atoms with van der Waals surface area (Å²) in [5, 5.41) is 3.67. The van der Waals surface area contributed by atoms with E-state index in [9.17, 15) is 0 Å². The van der Waals surface area contributed by atoms with Crippen molar-refractivity contribution in [3.8, 4) is 0 Å². The minimum absolute atomic E-state index is 0.557. The Kier molecular flexibility index (Phi) is 6.35. The molecule has 0 amide bonds. The first kappa shape index (κ1) is 16.3. The third-order valence-corrected chi connectivity index (χ3v) is 5.87. The van der Waals surface area contributed by atoms with Crippen LogP contribution in [0.25, 0.3) is 0 Å². The highest BCUT2D eigenvalue weighted by atomic mass is 15.2. The van der Waals surface area contributed by atoms with E-state index in [1.54, 1.807) is 0 Å². The average molecular weight is 280 g/mol. The van der Waals surface area contributed by atoms with E-state index in [-0.39, 0.29) is 0 Å². The van der Waals surface area contributed by atoms with E-state index in [0.29, 0.717) is 5.41 Å². The van der Waals surface area contributed by atoms with Crippen LogP contribution in [-0.2, 0) is 0 Å². The molecule has 0 aromatic carbocycles. The van der Waals surface area contributed by atoms with Crippen molar-refractivity contribution in [2.45, 2.75) is 78.2 Å². The standard InChI is InChI=1S/C18H36N2/c1-4-19-14-18(12-10-16(3)11-13-18)15-20(5-2)17-8-6-7-9-17/h16-17,19H,4-15H2,1-3H3. The van der Waals surface area contributed by atoms with Crippen LogP contribution in [0.1, 0.15) is 72.1 Å². The molecule has 20 heavy (non-hydrogen) atoms. The first-order valence-corrected chi connectivity index (χ1v) is 9.14. The van der Waals surface area contributed by atoms with E-state index in [1.165, 1.54) is 71.0 Å². The largest absolute Gasteiger partial charge is 0.316 e. The number of hydrogen-bond donors (Lipinski definition) is 1. The van der Waals surface area contributed by atoms with Gasteiger partial charge in [-0.1, -0.05) is 46.5 Å². The maximum absolute atomic E-state index is 3.67. The zero-order valence-electron chi connectivity index (χ0n) is 14.1. The summed E-state index contributed by atoms with van der Waals surface area (Å²) in [4.78, 5) is 2.82. The molecular weight excluding hydrogens is 244 g/mol. The molecule has 0 radical (unpaired) electrons. The maximum atomic E-state index is 3.67. The molecule has 2 aliphatic rings. The predicted octanol–water partition coefficient (Wildman–Crippen LogP) is 4.06. The van der Waals surface area contributed by atoms with E-state index < -0.39 is 0 Å². The van der Waals surface area contributed by atoms with E-state index >= 15 is 0 Å². The molecule has 0 heterocycles. The second kappa shape index (κ2) is 7.79. The van der Waals surface area contributed by atoms with Crippen LogP contribution in [0.15, 0.2) is 0 Å². The first-order valence-electron chi connectivity index (χ1n) is 9.14. The van der Waals surface area contributed by atoms with Gasteiger partial charge in [0.2, 0.25) is 0 Å². The van der Waals surface area contributed by atoms with Crippen molar-refractivity contribution < 1.29 is 0 Å². The molecule has 118 valence electrons. The third kappa shape index (κ3) is 4.21. The van der Waals surface area contributed by atoms with Gasteiger partial charge in [0.1, 0.15) is 0 Å².